The molecule has 0 saturated heterocycles. The molecule has 1 aliphatic rings. The molecule has 0 spiro atoms. The minimum absolute atomic E-state index is 0.130. The molecule has 0 fully saturated rings. The Kier molecular flexibility index (Phi) is 3.24. The van der Waals surface area contributed by atoms with Crippen LogP contribution in [-0.2, 0) is 22.6 Å². The molecule has 0 saturated carbocycles. The Morgan fingerprint density at radius 1 is 1.22 bits per heavy atom. The highest BCUT2D eigenvalue weighted by Crippen LogP contribution is 2.29. The van der Waals surface area contributed by atoms with E-state index in [1.54, 1.807) is 0 Å². The molecular formula is C9H12N4O4S. The average Bonchev–Trinajstić information content (AvgIpc) is 2.74. The van der Waals surface area contributed by atoms with Crippen molar-refractivity contribution in [3.8, 4) is 0 Å². The van der Waals surface area contributed by atoms with Crippen molar-refractivity contribution in [2.24, 2.45) is 0 Å². The second kappa shape index (κ2) is 4.69. The first-order chi connectivity index (χ1) is 8.56. The molecule has 0 unspecified atom stereocenters. The molecule has 2 N–H and O–H groups in total. The summed E-state index contributed by atoms with van der Waals surface area (Å²) in [7, 11) is 2.48. The fourth-order valence-corrected chi connectivity index (χ4v) is 2.46. The van der Waals surface area contributed by atoms with E-state index >= 15 is 0 Å². The molecular weight excluding hydrogens is 260 g/mol. The zero-order valence-electron chi connectivity index (χ0n) is 9.87. The van der Waals surface area contributed by atoms with Gasteiger partial charge >= 0.3 is 12.2 Å². The minimum Gasteiger partial charge on any atom is -0.452 e. The van der Waals surface area contributed by atoms with Gasteiger partial charge in [0, 0.05) is 0 Å². The molecule has 0 radical (unpaired) electrons. The number of nitrogens with zero attached hydrogens (tertiary/aromatic N) is 3. The molecule has 9 heteroatoms. The van der Waals surface area contributed by atoms with Crippen LogP contribution >= 0.6 is 11.3 Å². The first-order valence-corrected chi connectivity index (χ1v) is 5.83. The third-order valence-corrected chi connectivity index (χ3v) is 3.36. The van der Waals surface area contributed by atoms with Crippen LogP contribution in [0.25, 0.3) is 0 Å². The van der Waals surface area contributed by atoms with E-state index in [0.29, 0.717) is 10.8 Å². The summed E-state index contributed by atoms with van der Waals surface area (Å²) in [5, 5.41) is 2.69. The van der Waals surface area contributed by atoms with Crippen LogP contribution in [0.2, 0.25) is 0 Å². The van der Waals surface area contributed by atoms with Gasteiger partial charge in [0.2, 0.25) is 0 Å². The molecule has 0 atom stereocenters. The summed E-state index contributed by atoms with van der Waals surface area (Å²) in [6.07, 6.45) is -1.30. The third-order valence-electron chi connectivity index (χ3n) is 2.45. The summed E-state index contributed by atoms with van der Waals surface area (Å²) in [6.45, 7) is 0.316. The lowest BCUT2D eigenvalue weighted by atomic mass is 10.3. The van der Waals surface area contributed by atoms with Gasteiger partial charge in [-0.25, -0.2) is 24.6 Å². The third kappa shape index (κ3) is 2.04. The molecule has 0 aromatic carbocycles. The van der Waals surface area contributed by atoms with E-state index in [1.165, 1.54) is 25.6 Å². The number of hydrazine groups is 1. The molecule has 2 rings (SSSR count). The number of ether oxygens (including phenoxy) is 2. The maximum Gasteiger partial charge on any atom is 0.429 e. The molecule has 2 heterocycles. The Morgan fingerprint density at radius 3 is 2.33 bits per heavy atom. The number of rotatable bonds is 0. The van der Waals surface area contributed by atoms with Crippen LogP contribution in [0.3, 0.4) is 0 Å². The van der Waals surface area contributed by atoms with Crippen LogP contribution in [0.15, 0.2) is 0 Å². The number of anilines is 1. The second-order valence-corrected chi connectivity index (χ2v) is 4.59. The standard InChI is InChI=1S/C9H12N4O4S/c1-16-8(14)12-3-5-6(18-7(10)11-5)4-13(12)9(15)17-2/h3-4H2,1-2H3,(H2,10,11). The van der Waals surface area contributed by atoms with Gasteiger partial charge in [0.25, 0.3) is 0 Å². The van der Waals surface area contributed by atoms with Crippen molar-refractivity contribution in [2.45, 2.75) is 13.1 Å². The summed E-state index contributed by atoms with van der Waals surface area (Å²) in [5.41, 5.74) is 6.27. The summed E-state index contributed by atoms with van der Waals surface area (Å²) in [6, 6.07) is 0. The van der Waals surface area contributed by atoms with Crippen LogP contribution in [0.5, 0.6) is 0 Å². The quantitative estimate of drug-likeness (QED) is 0.749. The van der Waals surface area contributed by atoms with Gasteiger partial charge in [-0.05, 0) is 0 Å². The number of nitrogens with two attached hydrogens (primary N) is 1. The predicted octanol–water partition coefficient (Wildman–Crippen LogP) is 0.791. The summed E-state index contributed by atoms with van der Waals surface area (Å²) in [5.74, 6) is 0. The SMILES string of the molecule is COC(=O)N1Cc2nc(N)sc2CN1C(=O)OC. The number of hydrogen-bond acceptors (Lipinski definition) is 7. The van der Waals surface area contributed by atoms with Crippen molar-refractivity contribution in [3.05, 3.63) is 10.6 Å². The molecule has 1 aromatic heterocycles. The van der Waals surface area contributed by atoms with Crippen molar-refractivity contribution >= 4 is 28.7 Å². The molecule has 2 amide bonds. The number of carbonyl (C=O) groups is 2. The van der Waals surface area contributed by atoms with Gasteiger partial charge < -0.3 is 15.2 Å². The number of methoxy groups -OCH3 is 2. The zero-order valence-corrected chi connectivity index (χ0v) is 10.7. The van der Waals surface area contributed by atoms with Gasteiger partial charge in [-0.3, -0.25) is 0 Å². The van der Waals surface area contributed by atoms with Gasteiger partial charge in [0.15, 0.2) is 5.13 Å². The van der Waals surface area contributed by atoms with Gasteiger partial charge in [0.05, 0.1) is 37.9 Å². The average molecular weight is 272 g/mol. The monoisotopic (exact) mass is 272 g/mol. The topological polar surface area (TPSA) is 98.0 Å². The fourth-order valence-electron chi connectivity index (χ4n) is 1.64. The van der Waals surface area contributed by atoms with E-state index in [-0.39, 0.29) is 13.1 Å². The van der Waals surface area contributed by atoms with Crippen molar-refractivity contribution in [1.29, 1.82) is 0 Å². The first kappa shape index (κ1) is 12.4. The minimum atomic E-state index is -0.655. The first-order valence-electron chi connectivity index (χ1n) is 5.01. The molecule has 98 valence electrons. The number of fused-ring (bicyclic) bond motifs is 1. The van der Waals surface area contributed by atoms with E-state index in [1.807, 2.05) is 0 Å². The normalized spacial score (nSPS) is 14.1. The molecule has 0 bridgehead atoms. The molecule has 1 aromatic rings. The number of carbonyl (C=O) groups excluding carboxylic acids is 2. The molecule has 8 nitrogen and oxygen atoms in total. The fraction of sp³-hybridized carbons (Fsp3) is 0.444. The lowest BCUT2D eigenvalue weighted by molar-refractivity contribution is -0.0288. The Morgan fingerprint density at radius 2 is 1.78 bits per heavy atom. The predicted molar refractivity (Wildman–Crippen MR) is 62.4 cm³/mol. The summed E-state index contributed by atoms with van der Waals surface area (Å²) < 4.78 is 9.25. The highest BCUT2D eigenvalue weighted by atomic mass is 32.1. The van der Waals surface area contributed by atoms with E-state index in [9.17, 15) is 9.59 Å². The lowest BCUT2D eigenvalue weighted by Gasteiger charge is -2.35. The molecule has 0 aliphatic carbocycles. The molecule has 18 heavy (non-hydrogen) atoms. The number of thiazole rings is 1. The smallest absolute Gasteiger partial charge is 0.429 e. The Bertz CT molecular complexity index is 447. The summed E-state index contributed by atoms with van der Waals surface area (Å²) in [4.78, 5) is 28.2. The second-order valence-electron chi connectivity index (χ2n) is 3.48. The Balaban J connectivity index is 2.32. The highest BCUT2D eigenvalue weighted by Gasteiger charge is 2.34. The van der Waals surface area contributed by atoms with Crippen LogP contribution in [0, 0.1) is 0 Å². The zero-order chi connectivity index (χ0) is 13.3. The van der Waals surface area contributed by atoms with Crippen LogP contribution in [0.4, 0.5) is 14.7 Å². The van der Waals surface area contributed by atoms with E-state index < -0.39 is 12.2 Å². The van der Waals surface area contributed by atoms with Gasteiger partial charge in [0.1, 0.15) is 0 Å². The Labute approximate surface area is 107 Å². The van der Waals surface area contributed by atoms with Crippen molar-refractivity contribution in [2.75, 3.05) is 20.0 Å². The van der Waals surface area contributed by atoms with E-state index in [0.717, 1.165) is 14.9 Å². The highest BCUT2D eigenvalue weighted by molar-refractivity contribution is 7.15. The Hall–Kier alpha value is -2.03. The van der Waals surface area contributed by atoms with Crippen LogP contribution in [-0.4, -0.2) is 41.4 Å². The van der Waals surface area contributed by atoms with Gasteiger partial charge in [-0.1, -0.05) is 0 Å². The van der Waals surface area contributed by atoms with Gasteiger partial charge in [-0.2, -0.15) is 0 Å². The van der Waals surface area contributed by atoms with E-state index in [4.69, 9.17) is 5.73 Å². The number of nitrogen functional groups attached to an aromatic ring is 1. The number of hydrogen-bond donors (Lipinski definition) is 1. The van der Waals surface area contributed by atoms with Crippen LogP contribution < -0.4 is 5.73 Å². The lowest BCUT2D eigenvalue weighted by Crippen LogP contribution is -2.51. The van der Waals surface area contributed by atoms with Crippen molar-refractivity contribution < 1.29 is 19.1 Å². The van der Waals surface area contributed by atoms with Gasteiger partial charge in [-0.15, -0.1) is 11.3 Å². The van der Waals surface area contributed by atoms with Crippen LogP contribution in [0.1, 0.15) is 10.6 Å². The number of amides is 2. The molecule has 1 aliphatic heterocycles. The van der Waals surface area contributed by atoms with Crippen molar-refractivity contribution in [3.63, 3.8) is 0 Å². The maximum absolute atomic E-state index is 11.6. The summed E-state index contributed by atoms with van der Waals surface area (Å²) >= 11 is 1.28. The maximum atomic E-state index is 11.6. The largest absolute Gasteiger partial charge is 0.452 e. The van der Waals surface area contributed by atoms with E-state index in [2.05, 4.69) is 14.5 Å². The van der Waals surface area contributed by atoms with Crippen molar-refractivity contribution in [1.82, 2.24) is 15.0 Å². The number of aromatic nitrogens is 1.